The SMILES string of the molecule is Cc1cc(Cl)cc2sc(N(Cc3cccnc3)C(=O)c3cccc(S(C)(=O)=O)c3)nc12. The Morgan fingerprint density at radius 3 is 2.68 bits per heavy atom. The van der Waals surface area contributed by atoms with Gasteiger partial charge in [0.15, 0.2) is 15.0 Å². The molecule has 0 aliphatic rings. The fourth-order valence-electron chi connectivity index (χ4n) is 3.17. The van der Waals surface area contributed by atoms with Crippen molar-refractivity contribution in [3.63, 3.8) is 0 Å². The lowest BCUT2D eigenvalue weighted by molar-refractivity contribution is 0.0985. The molecule has 0 radical (unpaired) electrons. The number of halogens is 1. The number of benzene rings is 2. The molecule has 0 aliphatic carbocycles. The third-order valence-electron chi connectivity index (χ3n) is 4.69. The highest BCUT2D eigenvalue weighted by molar-refractivity contribution is 7.90. The first-order chi connectivity index (χ1) is 14.7. The van der Waals surface area contributed by atoms with E-state index in [1.54, 1.807) is 30.6 Å². The maximum absolute atomic E-state index is 13.5. The van der Waals surface area contributed by atoms with E-state index in [2.05, 4.69) is 4.98 Å². The Hall–Kier alpha value is -2.81. The van der Waals surface area contributed by atoms with Crippen LogP contribution in [0.5, 0.6) is 0 Å². The minimum absolute atomic E-state index is 0.0894. The molecule has 0 unspecified atom stereocenters. The van der Waals surface area contributed by atoms with Crippen LogP contribution in [-0.2, 0) is 16.4 Å². The lowest BCUT2D eigenvalue weighted by atomic mass is 10.2. The molecule has 0 saturated carbocycles. The topological polar surface area (TPSA) is 80.2 Å². The largest absolute Gasteiger partial charge is 0.279 e. The second-order valence-electron chi connectivity index (χ2n) is 7.12. The van der Waals surface area contributed by atoms with Gasteiger partial charge in [0.25, 0.3) is 5.91 Å². The maximum atomic E-state index is 13.5. The number of hydrogen-bond donors (Lipinski definition) is 0. The van der Waals surface area contributed by atoms with Gasteiger partial charge in [-0.1, -0.05) is 35.1 Å². The molecular formula is C22H18ClN3O3S2. The van der Waals surface area contributed by atoms with Gasteiger partial charge in [0.2, 0.25) is 0 Å². The van der Waals surface area contributed by atoms with E-state index in [1.165, 1.54) is 28.4 Å². The van der Waals surface area contributed by atoms with E-state index < -0.39 is 9.84 Å². The molecule has 0 saturated heterocycles. The number of fused-ring (bicyclic) bond motifs is 1. The zero-order valence-electron chi connectivity index (χ0n) is 16.7. The molecule has 0 aliphatic heterocycles. The minimum atomic E-state index is -3.45. The molecule has 9 heteroatoms. The first-order valence-electron chi connectivity index (χ1n) is 9.30. The summed E-state index contributed by atoms with van der Waals surface area (Å²) >= 11 is 7.55. The Morgan fingerprint density at radius 1 is 1.16 bits per heavy atom. The lowest BCUT2D eigenvalue weighted by Gasteiger charge is -2.20. The maximum Gasteiger partial charge on any atom is 0.260 e. The van der Waals surface area contributed by atoms with Crippen LogP contribution in [0.3, 0.4) is 0 Å². The van der Waals surface area contributed by atoms with Crippen molar-refractivity contribution in [3.05, 3.63) is 82.6 Å². The summed E-state index contributed by atoms with van der Waals surface area (Å²) in [5.41, 5.74) is 2.78. The summed E-state index contributed by atoms with van der Waals surface area (Å²) in [5, 5.41) is 1.10. The van der Waals surface area contributed by atoms with Crippen molar-refractivity contribution in [2.75, 3.05) is 11.2 Å². The van der Waals surface area contributed by atoms with Crippen LogP contribution in [0.1, 0.15) is 21.5 Å². The van der Waals surface area contributed by atoms with Gasteiger partial charge in [-0.15, -0.1) is 0 Å². The first-order valence-corrected chi connectivity index (χ1v) is 12.4. The minimum Gasteiger partial charge on any atom is -0.279 e. The van der Waals surface area contributed by atoms with Crippen molar-refractivity contribution in [2.24, 2.45) is 0 Å². The smallest absolute Gasteiger partial charge is 0.260 e. The normalized spacial score (nSPS) is 11.6. The van der Waals surface area contributed by atoms with Crippen molar-refractivity contribution in [1.29, 1.82) is 0 Å². The van der Waals surface area contributed by atoms with Gasteiger partial charge < -0.3 is 0 Å². The number of aryl methyl sites for hydroxylation is 1. The summed E-state index contributed by atoms with van der Waals surface area (Å²) in [4.78, 5) is 24.0. The molecule has 2 heterocycles. The van der Waals surface area contributed by atoms with E-state index in [0.717, 1.165) is 27.6 Å². The van der Waals surface area contributed by atoms with Gasteiger partial charge >= 0.3 is 0 Å². The summed E-state index contributed by atoms with van der Waals surface area (Å²) in [5.74, 6) is -0.350. The second-order valence-corrected chi connectivity index (χ2v) is 10.6. The highest BCUT2D eigenvalue weighted by atomic mass is 35.5. The molecule has 0 fully saturated rings. The first kappa shape index (κ1) is 21.4. The number of carbonyl (C=O) groups excluding carboxylic acids is 1. The number of anilines is 1. The van der Waals surface area contributed by atoms with E-state index in [0.29, 0.717) is 10.2 Å². The summed E-state index contributed by atoms with van der Waals surface area (Å²) in [6.07, 6.45) is 4.46. The molecule has 1 amide bonds. The Morgan fingerprint density at radius 2 is 1.97 bits per heavy atom. The average molecular weight is 472 g/mol. The fourth-order valence-corrected chi connectivity index (χ4v) is 5.26. The van der Waals surface area contributed by atoms with Crippen molar-refractivity contribution >= 4 is 54.0 Å². The van der Waals surface area contributed by atoms with Crippen LogP contribution in [-0.4, -0.2) is 30.5 Å². The number of aromatic nitrogens is 2. The predicted molar refractivity (Wildman–Crippen MR) is 124 cm³/mol. The van der Waals surface area contributed by atoms with Gasteiger partial charge in [-0.05, 0) is 54.4 Å². The quantitative estimate of drug-likeness (QED) is 0.413. The van der Waals surface area contributed by atoms with Crippen LogP contribution in [0, 0.1) is 6.92 Å². The van der Waals surface area contributed by atoms with Crippen LogP contribution >= 0.6 is 22.9 Å². The zero-order valence-corrected chi connectivity index (χ0v) is 19.1. The Labute approximate surface area is 189 Å². The van der Waals surface area contributed by atoms with Crippen molar-refractivity contribution in [3.8, 4) is 0 Å². The fraction of sp³-hybridized carbons (Fsp3) is 0.136. The van der Waals surface area contributed by atoms with Crippen LogP contribution in [0.4, 0.5) is 5.13 Å². The second kappa shape index (κ2) is 8.37. The summed E-state index contributed by atoms with van der Waals surface area (Å²) in [6, 6.07) is 13.3. The number of nitrogens with zero attached hydrogens (tertiary/aromatic N) is 3. The molecule has 0 N–H and O–H groups in total. The molecule has 0 atom stereocenters. The summed E-state index contributed by atoms with van der Waals surface area (Å²) in [7, 11) is -3.45. The van der Waals surface area contributed by atoms with Crippen LogP contribution in [0.25, 0.3) is 10.2 Å². The van der Waals surface area contributed by atoms with Crippen LogP contribution in [0.2, 0.25) is 5.02 Å². The number of hydrogen-bond acceptors (Lipinski definition) is 6. The number of rotatable bonds is 5. The summed E-state index contributed by atoms with van der Waals surface area (Å²) in [6.45, 7) is 2.16. The van der Waals surface area contributed by atoms with E-state index in [-0.39, 0.29) is 22.9 Å². The van der Waals surface area contributed by atoms with Gasteiger partial charge in [-0.2, -0.15) is 0 Å². The molecular weight excluding hydrogens is 454 g/mol. The number of sulfone groups is 1. The molecule has 0 spiro atoms. The van der Waals surface area contributed by atoms with Gasteiger partial charge in [0, 0.05) is 29.2 Å². The van der Waals surface area contributed by atoms with Gasteiger partial charge in [-0.25, -0.2) is 13.4 Å². The number of pyridine rings is 1. The Balaban J connectivity index is 1.82. The predicted octanol–water partition coefficient (Wildman–Crippen LogP) is 4.90. The van der Waals surface area contributed by atoms with Crippen LogP contribution in [0.15, 0.2) is 65.8 Å². The molecule has 4 aromatic rings. The molecule has 6 nitrogen and oxygen atoms in total. The summed E-state index contributed by atoms with van der Waals surface area (Å²) < 4.78 is 24.8. The van der Waals surface area contributed by atoms with Crippen molar-refractivity contribution in [1.82, 2.24) is 9.97 Å². The standard InChI is InChI=1S/C22H18ClN3O3S2/c1-14-9-17(23)11-19-20(14)25-22(30-19)26(13-15-5-4-8-24-12-15)21(27)16-6-3-7-18(10-16)31(2,28)29/h3-12H,13H2,1-2H3. The van der Waals surface area contributed by atoms with E-state index in [1.807, 2.05) is 25.1 Å². The third-order valence-corrected chi connectivity index (χ3v) is 7.04. The third kappa shape index (κ3) is 4.61. The number of thiazole rings is 1. The van der Waals surface area contributed by atoms with E-state index in [4.69, 9.17) is 16.6 Å². The van der Waals surface area contributed by atoms with Crippen LogP contribution < -0.4 is 4.90 Å². The highest BCUT2D eigenvalue weighted by Gasteiger charge is 2.23. The van der Waals surface area contributed by atoms with Gasteiger partial charge in [0.1, 0.15) is 0 Å². The van der Waals surface area contributed by atoms with E-state index >= 15 is 0 Å². The Kier molecular flexibility index (Phi) is 5.79. The lowest BCUT2D eigenvalue weighted by Crippen LogP contribution is -2.30. The van der Waals surface area contributed by atoms with Crippen molar-refractivity contribution in [2.45, 2.75) is 18.4 Å². The van der Waals surface area contributed by atoms with Crippen molar-refractivity contribution < 1.29 is 13.2 Å². The molecule has 0 bridgehead atoms. The molecule has 4 rings (SSSR count). The molecule has 2 aromatic heterocycles. The molecule has 2 aromatic carbocycles. The molecule has 31 heavy (non-hydrogen) atoms. The monoisotopic (exact) mass is 471 g/mol. The molecule has 158 valence electrons. The van der Waals surface area contributed by atoms with Gasteiger partial charge in [-0.3, -0.25) is 14.7 Å². The van der Waals surface area contributed by atoms with E-state index in [9.17, 15) is 13.2 Å². The Bertz CT molecular complexity index is 1390. The number of amides is 1. The zero-order chi connectivity index (χ0) is 22.2. The van der Waals surface area contributed by atoms with Gasteiger partial charge in [0.05, 0.1) is 21.7 Å². The number of carbonyl (C=O) groups is 1. The average Bonchev–Trinajstić information content (AvgIpc) is 3.16. The highest BCUT2D eigenvalue weighted by Crippen LogP contribution is 2.34.